The van der Waals surface area contributed by atoms with Crippen LogP contribution < -0.4 is 18.9 Å². The van der Waals surface area contributed by atoms with E-state index >= 15 is 0 Å². The minimum atomic E-state index is -5.11. The first-order valence-corrected chi connectivity index (χ1v) is 9.57. The van der Waals surface area contributed by atoms with Crippen LogP contribution in [-0.2, 0) is 22.7 Å². The van der Waals surface area contributed by atoms with E-state index in [4.69, 9.17) is 14.2 Å². The number of nitrogens with zero attached hydrogens (tertiary/aromatic N) is 1. The smallest absolute Gasteiger partial charge is 0.423 e. The zero-order valence-electron chi connectivity index (χ0n) is 15.9. The van der Waals surface area contributed by atoms with E-state index in [-0.39, 0.29) is 23.1 Å². The molecule has 2 aromatic carbocycles. The summed E-state index contributed by atoms with van der Waals surface area (Å²) >= 11 is 0. The van der Waals surface area contributed by atoms with E-state index in [1.54, 1.807) is 0 Å². The number of hydrogen-bond acceptors (Lipinski definition) is 7. The van der Waals surface area contributed by atoms with E-state index in [2.05, 4.69) is 4.72 Å². The topological polar surface area (TPSA) is 117 Å². The van der Waals surface area contributed by atoms with Crippen LogP contribution in [0.15, 0.2) is 35.2 Å². The van der Waals surface area contributed by atoms with Crippen molar-refractivity contribution in [1.82, 2.24) is 4.72 Å². The molecule has 2 aromatic rings. The van der Waals surface area contributed by atoms with Crippen molar-refractivity contribution < 1.29 is 40.7 Å². The van der Waals surface area contributed by atoms with Crippen molar-refractivity contribution in [2.45, 2.75) is 17.6 Å². The van der Waals surface area contributed by atoms with Crippen LogP contribution >= 0.6 is 0 Å². The molecule has 0 aliphatic rings. The first-order valence-electron chi connectivity index (χ1n) is 8.08. The van der Waals surface area contributed by atoms with Crippen molar-refractivity contribution >= 4 is 15.7 Å². The monoisotopic (exact) mass is 450 g/mol. The fourth-order valence-corrected chi connectivity index (χ4v) is 3.59. The van der Waals surface area contributed by atoms with Crippen molar-refractivity contribution in [2.75, 3.05) is 21.3 Å². The fourth-order valence-electron chi connectivity index (χ4n) is 2.57. The summed E-state index contributed by atoms with van der Waals surface area (Å²) in [6.07, 6.45) is -5.11. The Morgan fingerprint density at radius 1 is 1.03 bits per heavy atom. The third kappa shape index (κ3) is 4.91. The first kappa shape index (κ1) is 23.2. The summed E-state index contributed by atoms with van der Waals surface area (Å²) in [6.45, 7) is -0.392. The lowest BCUT2D eigenvalue weighted by Crippen LogP contribution is -2.24. The number of benzene rings is 2. The molecule has 0 amide bonds. The number of sulfonamides is 1. The van der Waals surface area contributed by atoms with Crippen molar-refractivity contribution in [3.8, 4) is 17.2 Å². The summed E-state index contributed by atoms with van der Waals surface area (Å²) in [5, 5.41) is 10.8. The van der Waals surface area contributed by atoms with Crippen LogP contribution in [-0.4, -0.2) is 34.7 Å². The van der Waals surface area contributed by atoms with Crippen molar-refractivity contribution in [3.05, 3.63) is 51.6 Å². The van der Waals surface area contributed by atoms with Gasteiger partial charge in [0.2, 0.25) is 10.0 Å². The van der Waals surface area contributed by atoms with E-state index in [0.717, 1.165) is 6.07 Å². The molecule has 0 bridgehead atoms. The number of alkyl halides is 3. The molecule has 0 aromatic heterocycles. The summed E-state index contributed by atoms with van der Waals surface area (Å²) in [6, 6.07) is 4.37. The predicted octanol–water partition coefficient (Wildman–Crippen LogP) is 3.12. The number of ether oxygens (including phenoxy) is 3. The van der Waals surface area contributed by atoms with Gasteiger partial charge in [0, 0.05) is 24.7 Å². The molecule has 0 aliphatic heterocycles. The number of halogens is 3. The lowest BCUT2D eigenvalue weighted by atomic mass is 10.1. The SMILES string of the molecule is COc1cc(OC)c(CNS(=O)(=O)c2ccc([N+](=O)[O-])c(C(F)(F)F)c2)c(OC)c1. The van der Waals surface area contributed by atoms with E-state index in [1.165, 1.54) is 33.5 Å². The van der Waals surface area contributed by atoms with Gasteiger partial charge >= 0.3 is 6.18 Å². The van der Waals surface area contributed by atoms with Gasteiger partial charge in [-0.25, -0.2) is 13.1 Å². The number of methoxy groups -OCH3 is 3. The lowest BCUT2D eigenvalue weighted by Gasteiger charge is -2.16. The van der Waals surface area contributed by atoms with Crippen LogP contribution in [0.5, 0.6) is 17.2 Å². The van der Waals surface area contributed by atoms with Gasteiger partial charge in [-0.3, -0.25) is 10.1 Å². The minimum Gasteiger partial charge on any atom is -0.496 e. The molecule has 0 aliphatic carbocycles. The molecule has 0 fully saturated rings. The van der Waals surface area contributed by atoms with Crippen LogP contribution in [0.1, 0.15) is 11.1 Å². The Morgan fingerprint density at radius 3 is 2.03 bits per heavy atom. The molecule has 0 saturated carbocycles. The fraction of sp³-hybridized carbons (Fsp3) is 0.294. The van der Waals surface area contributed by atoms with Crippen LogP contribution in [0.25, 0.3) is 0 Å². The molecule has 0 atom stereocenters. The zero-order valence-corrected chi connectivity index (χ0v) is 16.8. The van der Waals surface area contributed by atoms with E-state index in [9.17, 15) is 31.7 Å². The number of nitro groups is 1. The summed E-state index contributed by atoms with van der Waals surface area (Å²) in [5.74, 6) is 0.808. The van der Waals surface area contributed by atoms with Crippen molar-refractivity contribution in [1.29, 1.82) is 0 Å². The average Bonchev–Trinajstić information content (AvgIpc) is 2.70. The molecular formula is C17H17F3N2O7S. The van der Waals surface area contributed by atoms with Crippen LogP contribution in [0.3, 0.4) is 0 Å². The Hall–Kier alpha value is -3.06. The van der Waals surface area contributed by atoms with E-state index in [0.29, 0.717) is 11.8 Å². The van der Waals surface area contributed by atoms with E-state index < -0.39 is 43.8 Å². The first-order chi connectivity index (χ1) is 13.9. The second-order valence-electron chi connectivity index (χ2n) is 5.77. The quantitative estimate of drug-likeness (QED) is 0.485. The third-order valence-electron chi connectivity index (χ3n) is 4.04. The van der Waals surface area contributed by atoms with Crippen molar-refractivity contribution in [3.63, 3.8) is 0 Å². The molecule has 0 saturated heterocycles. The number of nitro benzene ring substituents is 1. The van der Waals surface area contributed by atoms with Gasteiger partial charge in [-0.2, -0.15) is 13.2 Å². The Balaban J connectivity index is 2.42. The Bertz CT molecular complexity index is 1030. The van der Waals surface area contributed by atoms with Gasteiger partial charge in [0.25, 0.3) is 5.69 Å². The molecule has 164 valence electrons. The number of hydrogen-bond donors (Lipinski definition) is 1. The molecule has 2 rings (SSSR count). The molecule has 0 radical (unpaired) electrons. The minimum absolute atomic E-state index is 0.211. The maximum Gasteiger partial charge on any atom is 0.423 e. The second-order valence-corrected chi connectivity index (χ2v) is 7.54. The number of rotatable bonds is 8. The normalized spacial score (nSPS) is 11.8. The predicted molar refractivity (Wildman–Crippen MR) is 98.2 cm³/mol. The van der Waals surface area contributed by atoms with Crippen LogP contribution in [0, 0.1) is 10.1 Å². The van der Waals surface area contributed by atoms with Gasteiger partial charge < -0.3 is 14.2 Å². The van der Waals surface area contributed by atoms with Gasteiger partial charge in [0.1, 0.15) is 22.8 Å². The Morgan fingerprint density at radius 2 is 1.60 bits per heavy atom. The van der Waals surface area contributed by atoms with Crippen LogP contribution in [0.4, 0.5) is 18.9 Å². The highest BCUT2D eigenvalue weighted by Gasteiger charge is 2.39. The highest BCUT2D eigenvalue weighted by atomic mass is 32.2. The molecular weight excluding hydrogens is 433 g/mol. The number of nitrogens with one attached hydrogen (secondary N) is 1. The average molecular weight is 450 g/mol. The maximum absolute atomic E-state index is 13.1. The third-order valence-corrected chi connectivity index (χ3v) is 5.44. The summed E-state index contributed by atoms with van der Waals surface area (Å²) in [4.78, 5) is 8.81. The largest absolute Gasteiger partial charge is 0.496 e. The van der Waals surface area contributed by atoms with Crippen molar-refractivity contribution in [2.24, 2.45) is 0 Å². The van der Waals surface area contributed by atoms with Gasteiger partial charge in [-0.05, 0) is 12.1 Å². The molecule has 0 spiro atoms. The summed E-state index contributed by atoms with van der Waals surface area (Å²) in [5.41, 5.74) is -2.66. The molecule has 0 unspecified atom stereocenters. The van der Waals surface area contributed by atoms with E-state index in [1.807, 2.05) is 0 Å². The molecule has 9 nitrogen and oxygen atoms in total. The maximum atomic E-state index is 13.1. The molecule has 1 N–H and O–H groups in total. The molecule has 30 heavy (non-hydrogen) atoms. The molecule has 13 heteroatoms. The highest BCUT2D eigenvalue weighted by molar-refractivity contribution is 7.89. The second kappa shape index (κ2) is 8.75. The standard InChI is InChI=1S/C17H17F3N2O7S/c1-27-10-6-15(28-2)12(16(7-10)29-3)9-21-30(25,26)11-4-5-14(22(23)24)13(8-11)17(18,19)20/h4-8,21H,9H2,1-3H3. The van der Waals surface area contributed by atoms with Gasteiger partial charge in [-0.15, -0.1) is 0 Å². The lowest BCUT2D eigenvalue weighted by molar-refractivity contribution is -0.388. The van der Waals surface area contributed by atoms with Gasteiger partial charge in [-0.1, -0.05) is 0 Å². The summed E-state index contributed by atoms with van der Waals surface area (Å²) < 4.78 is 82.1. The van der Waals surface area contributed by atoms with Crippen LogP contribution in [0.2, 0.25) is 0 Å². The zero-order chi connectivity index (χ0) is 22.7. The Labute approximate surface area is 169 Å². The summed E-state index contributed by atoms with van der Waals surface area (Å²) in [7, 11) is -0.395. The molecule has 0 heterocycles. The highest BCUT2D eigenvalue weighted by Crippen LogP contribution is 2.38. The Kier molecular flexibility index (Phi) is 6.77. The van der Waals surface area contributed by atoms with Gasteiger partial charge in [0.15, 0.2) is 0 Å². The van der Waals surface area contributed by atoms with Gasteiger partial charge in [0.05, 0.1) is 36.7 Å².